The minimum atomic E-state index is -4.06. The van der Waals surface area contributed by atoms with Crippen LogP contribution in [0.25, 0.3) is 0 Å². The van der Waals surface area contributed by atoms with Gasteiger partial charge < -0.3 is 10.2 Å². The Morgan fingerprint density at radius 3 is 2.31 bits per heavy atom. The third-order valence-electron chi connectivity index (χ3n) is 4.97. The molecule has 0 heterocycles. The molecule has 12 heteroatoms. The second kappa shape index (κ2) is 10.8. The molecule has 35 heavy (non-hydrogen) atoms. The summed E-state index contributed by atoms with van der Waals surface area (Å²) in [7, 11) is -4.06. The van der Waals surface area contributed by atoms with Crippen LogP contribution in [0.2, 0.25) is 0 Å². The Bertz CT molecular complexity index is 1210. The quantitative estimate of drug-likeness (QED) is 0.410. The van der Waals surface area contributed by atoms with Gasteiger partial charge in [-0.15, -0.1) is 0 Å². The number of carbonyl (C=O) groups is 2. The maximum atomic E-state index is 14.4. The summed E-state index contributed by atoms with van der Waals surface area (Å²) >= 11 is 0. The van der Waals surface area contributed by atoms with Gasteiger partial charge in [-0.3, -0.25) is 24.0 Å². The molecule has 2 aromatic rings. The van der Waals surface area contributed by atoms with Crippen LogP contribution in [0.15, 0.2) is 48.5 Å². The van der Waals surface area contributed by atoms with Crippen molar-refractivity contribution >= 4 is 33.2 Å². The lowest BCUT2D eigenvalue weighted by molar-refractivity contribution is -0.384. The van der Waals surface area contributed by atoms with E-state index < -0.39 is 50.7 Å². The van der Waals surface area contributed by atoms with E-state index in [2.05, 4.69) is 5.32 Å². The molecule has 10 nitrogen and oxygen atoms in total. The molecule has 0 bridgehead atoms. The van der Waals surface area contributed by atoms with E-state index in [9.17, 15) is 32.5 Å². The molecule has 1 atom stereocenters. The van der Waals surface area contributed by atoms with Gasteiger partial charge in [0.05, 0.1) is 16.9 Å². The summed E-state index contributed by atoms with van der Waals surface area (Å²) < 4.78 is 40.1. The lowest BCUT2D eigenvalue weighted by Gasteiger charge is -2.33. The standard InChI is InChI=1S/C23H29FN4O6S/c1-16(22(30)25-23(2,3)4)26(14-17-9-6-7-12-20(17)24)21(29)15-27(35(5,33)34)18-10-8-11-19(13-18)28(31)32/h6-13,16H,14-15H2,1-5H3,(H,25,30). The van der Waals surface area contributed by atoms with Crippen LogP contribution >= 0.6 is 0 Å². The maximum absolute atomic E-state index is 14.4. The van der Waals surface area contributed by atoms with Crippen LogP contribution in [0.4, 0.5) is 15.8 Å². The van der Waals surface area contributed by atoms with Gasteiger partial charge in [0.1, 0.15) is 18.4 Å². The number of nitrogens with one attached hydrogen (secondary N) is 1. The average molecular weight is 509 g/mol. The highest BCUT2D eigenvalue weighted by atomic mass is 32.2. The Hall–Kier alpha value is -3.54. The van der Waals surface area contributed by atoms with E-state index >= 15 is 0 Å². The fourth-order valence-corrected chi connectivity index (χ4v) is 4.08. The van der Waals surface area contributed by atoms with Gasteiger partial charge >= 0.3 is 0 Å². The summed E-state index contributed by atoms with van der Waals surface area (Å²) in [5.74, 6) is -1.89. The number of hydrogen-bond acceptors (Lipinski definition) is 6. The van der Waals surface area contributed by atoms with Crippen LogP contribution in [-0.4, -0.2) is 54.4 Å². The highest BCUT2D eigenvalue weighted by Crippen LogP contribution is 2.24. The maximum Gasteiger partial charge on any atom is 0.271 e. The summed E-state index contributed by atoms with van der Waals surface area (Å²) in [6, 6.07) is 9.49. The second-order valence-corrected chi connectivity index (χ2v) is 11.0. The van der Waals surface area contributed by atoms with E-state index in [1.807, 2.05) is 0 Å². The molecular weight excluding hydrogens is 479 g/mol. The summed E-state index contributed by atoms with van der Waals surface area (Å²) in [6.45, 7) is 5.69. The van der Waals surface area contributed by atoms with Crippen molar-refractivity contribution in [1.82, 2.24) is 10.2 Å². The summed E-state index contributed by atoms with van der Waals surface area (Å²) in [6.07, 6.45) is 0.857. The lowest BCUT2D eigenvalue weighted by Crippen LogP contribution is -2.54. The highest BCUT2D eigenvalue weighted by molar-refractivity contribution is 7.92. The molecule has 2 amide bonds. The number of nitro groups is 1. The minimum absolute atomic E-state index is 0.0901. The number of sulfonamides is 1. The number of halogens is 1. The average Bonchev–Trinajstić information content (AvgIpc) is 2.74. The van der Waals surface area contributed by atoms with Gasteiger partial charge in [0.2, 0.25) is 21.8 Å². The first-order valence-electron chi connectivity index (χ1n) is 10.7. The van der Waals surface area contributed by atoms with Crippen molar-refractivity contribution < 1.29 is 27.3 Å². The molecule has 0 aliphatic heterocycles. The summed E-state index contributed by atoms with van der Waals surface area (Å²) in [5, 5.41) is 13.9. The molecule has 190 valence electrons. The van der Waals surface area contributed by atoms with E-state index in [4.69, 9.17) is 0 Å². The van der Waals surface area contributed by atoms with Gasteiger partial charge in [-0.05, 0) is 39.8 Å². The van der Waals surface area contributed by atoms with Crippen molar-refractivity contribution in [3.05, 3.63) is 70.0 Å². The molecule has 0 fully saturated rings. The molecule has 2 aromatic carbocycles. The smallest absolute Gasteiger partial charge is 0.271 e. The first-order valence-corrected chi connectivity index (χ1v) is 12.5. The van der Waals surface area contributed by atoms with Gasteiger partial charge in [0.15, 0.2) is 0 Å². The number of anilines is 1. The van der Waals surface area contributed by atoms with Gasteiger partial charge in [-0.2, -0.15) is 0 Å². The molecule has 0 saturated heterocycles. The summed E-state index contributed by atoms with van der Waals surface area (Å²) in [4.78, 5) is 37.8. The molecular formula is C23H29FN4O6S. The van der Waals surface area contributed by atoms with Crippen LogP contribution in [0.1, 0.15) is 33.3 Å². The number of carbonyl (C=O) groups excluding carboxylic acids is 2. The number of nitrogens with zero attached hydrogens (tertiary/aromatic N) is 3. The molecule has 0 aliphatic rings. The van der Waals surface area contributed by atoms with Crippen LogP contribution < -0.4 is 9.62 Å². The van der Waals surface area contributed by atoms with Crippen LogP contribution in [0, 0.1) is 15.9 Å². The molecule has 0 spiro atoms. The zero-order valence-corrected chi connectivity index (χ0v) is 21.0. The number of amides is 2. The Balaban J connectivity index is 2.46. The molecule has 1 N–H and O–H groups in total. The predicted octanol–water partition coefficient (Wildman–Crippen LogP) is 2.83. The lowest BCUT2D eigenvalue weighted by atomic mass is 10.1. The van der Waals surface area contributed by atoms with Crippen LogP contribution in [-0.2, 0) is 26.2 Å². The predicted molar refractivity (Wildman–Crippen MR) is 130 cm³/mol. The topological polar surface area (TPSA) is 130 Å². The second-order valence-electron chi connectivity index (χ2n) is 9.07. The normalized spacial score (nSPS) is 12.5. The number of nitro benzene ring substituents is 1. The van der Waals surface area contributed by atoms with E-state index in [-0.39, 0.29) is 23.5 Å². The fraction of sp³-hybridized carbons (Fsp3) is 0.391. The Morgan fingerprint density at radius 1 is 1.14 bits per heavy atom. The molecule has 1 unspecified atom stereocenters. The van der Waals surface area contributed by atoms with E-state index in [1.165, 1.54) is 43.3 Å². The molecule has 0 aromatic heterocycles. The molecule has 0 radical (unpaired) electrons. The van der Waals surface area contributed by atoms with Gasteiger partial charge in [0.25, 0.3) is 5.69 Å². The largest absolute Gasteiger partial charge is 0.350 e. The number of rotatable bonds is 9. The van der Waals surface area contributed by atoms with Crippen molar-refractivity contribution in [2.75, 3.05) is 17.1 Å². The molecule has 2 rings (SSSR count). The van der Waals surface area contributed by atoms with E-state index in [1.54, 1.807) is 26.8 Å². The first-order chi connectivity index (χ1) is 16.1. The fourth-order valence-electron chi connectivity index (χ4n) is 3.24. The van der Waals surface area contributed by atoms with E-state index in [0.29, 0.717) is 4.31 Å². The number of hydrogen-bond donors (Lipinski definition) is 1. The highest BCUT2D eigenvalue weighted by Gasteiger charge is 2.32. The number of benzene rings is 2. The van der Waals surface area contributed by atoms with E-state index in [0.717, 1.165) is 17.2 Å². The van der Waals surface area contributed by atoms with Crippen molar-refractivity contribution in [3.63, 3.8) is 0 Å². The van der Waals surface area contributed by atoms with Crippen LogP contribution in [0.5, 0.6) is 0 Å². The molecule has 0 aliphatic carbocycles. The Morgan fingerprint density at radius 2 is 1.77 bits per heavy atom. The minimum Gasteiger partial charge on any atom is -0.350 e. The van der Waals surface area contributed by atoms with Gasteiger partial charge in [0, 0.05) is 29.8 Å². The van der Waals surface area contributed by atoms with Gasteiger partial charge in [-0.25, -0.2) is 12.8 Å². The third kappa shape index (κ3) is 7.74. The zero-order chi connectivity index (χ0) is 26.6. The zero-order valence-electron chi connectivity index (χ0n) is 20.2. The van der Waals surface area contributed by atoms with Crippen LogP contribution in [0.3, 0.4) is 0 Å². The van der Waals surface area contributed by atoms with Crippen molar-refractivity contribution in [3.8, 4) is 0 Å². The van der Waals surface area contributed by atoms with Gasteiger partial charge in [-0.1, -0.05) is 24.3 Å². The molecule has 0 saturated carbocycles. The third-order valence-corrected chi connectivity index (χ3v) is 6.11. The SMILES string of the molecule is CC(C(=O)NC(C)(C)C)N(Cc1ccccc1F)C(=O)CN(c1cccc([N+](=O)[O-])c1)S(C)(=O)=O. The van der Waals surface area contributed by atoms with Crippen molar-refractivity contribution in [1.29, 1.82) is 0 Å². The Labute approximate surface area is 203 Å². The van der Waals surface area contributed by atoms with Crippen molar-refractivity contribution in [2.45, 2.75) is 45.8 Å². The Kier molecular flexibility index (Phi) is 8.55. The van der Waals surface area contributed by atoms with Crippen molar-refractivity contribution in [2.24, 2.45) is 0 Å². The number of non-ortho nitro benzene ring substituents is 1. The first kappa shape index (κ1) is 27.7. The monoisotopic (exact) mass is 508 g/mol. The summed E-state index contributed by atoms with van der Waals surface area (Å²) in [5.41, 5.74) is -0.922.